The molecule has 1 aliphatic carbocycles. The first-order valence-corrected chi connectivity index (χ1v) is 10.8. The van der Waals surface area contributed by atoms with Crippen molar-refractivity contribution in [3.8, 4) is 5.75 Å². The summed E-state index contributed by atoms with van der Waals surface area (Å²) in [5.41, 5.74) is 1.13. The van der Waals surface area contributed by atoms with Crippen LogP contribution in [0.1, 0.15) is 44.6 Å². The van der Waals surface area contributed by atoms with E-state index in [2.05, 4.69) is 23.6 Å². The smallest absolute Gasteiger partial charge is 0.191 e. The zero-order chi connectivity index (χ0) is 19.4. The molecule has 1 aliphatic heterocycles. The highest BCUT2D eigenvalue weighted by Crippen LogP contribution is 2.30. The average Bonchev–Trinajstić information content (AvgIpc) is 3.40. The molecule has 6 heteroatoms. The van der Waals surface area contributed by atoms with E-state index < -0.39 is 0 Å². The molecule has 1 heterocycles. The van der Waals surface area contributed by atoms with Gasteiger partial charge in [0.15, 0.2) is 5.96 Å². The van der Waals surface area contributed by atoms with E-state index in [0.717, 1.165) is 75.4 Å². The van der Waals surface area contributed by atoms with Crippen molar-refractivity contribution in [1.82, 2.24) is 10.6 Å². The van der Waals surface area contributed by atoms with Gasteiger partial charge in [-0.05, 0) is 51.0 Å². The number of nitrogens with zero attached hydrogens (tertiary/aromatic N) is 1. The lowest BCUT2D eigenvalue weighted by Crippen LogP contribution is -2.38. The molecule has 0 spiro atoms. The molecule has 2 fully saturated rings. The van der Waals surface area contributed by atoms with Gasteiger partial charge in [0.25, 0.3) is 0 Å². The first kappa shape index (κ1) is 20.9. The highest BCUT2D eigenvalue weighted by Gasteiger charge is 2.22. The molecule has 156 valence electrons. The Hall–Kier alpha value is -1.79. The minimum absolute atomic E-state index is 0.300. The van der Waals surface area contributed by atoms with Gasteiger partial charge < -0.3 is 24.8 Å². The third-order valence-electron chi connectivity index (χ3n) is 4.98. The van der Waals surface area contributed by atoms with E-state index in [1.54, 1.807) is 0 Å². The maximum absolute atomic E-state index is 5.98. The van der Waals surface area contributed by atoms with Gasteiger partial charge >= 0.3 is 0 Å². The fraction of sp³-hybridized carbons (Fsp3) is 0.682. The Morgan fingerprint density at radius 1 is 1.18 bits per heavy atom. The van der Waals surface area contributed by atoms with E-state index in [1.165, 1.54) is 12.8 Å². The molecule has 0 radical (unpaired) electrons. The molecule has 1 saturated carbocycles. The van der Waals surface area contributed by atoms with E-state index in [1.807, 2.05) is 18.2 Å². The fourth-order valence-corrected chi connectivity index (χ4v) is 3.14. The van der Waals surface area contributed by atoms with Gasteiger partial charge in [0.2, 0.25) is 0 Å². The summed E-state index contributed by atoms with van der Waals surface area (Å²) in [6.45, 7) is 7.51. The molecule has 1 aromatic rings. The second-order valence-electron chi connectivity index (χ2n) is 7.55. The van der Waals surface area contributed by atoms with Crippen molar-refractivity contribution in [2.24, 2.45) is 10.9 Å². The Balaban J connectivity index is 1.38. The molecule has 0 aromatic heterocycles. The number of para-hydroxylation sites is 1. The molecule has 1 saturated heterocycles. The SMILES string of the molecule is CCNC(=NCc1ccccc1OCC1CC1)NCCCOCC1CCCO1. The van der Waals surface area contributed by atoms with E-state index in [-0.39, 0.29) is 0 Å². The number of benzene rings is 1. The topological polar surface area (TPSA) is 64.1 Å². The summed E-state index contributed by atoms with van der Waals surface area (Å²) < 4.78 is 17.3. The van der Waals surface area contributed by atoms with Crippen LogP contribution in [0.25, 0.3) is 0 Å². The maximum Gasteiger partial charge on any atom is 0.191 e. The van der Waals surface area contributed by atoms with Crippen LogP contribution in [-0.2, 0) is 16.0 Å². The van der Waals surface area contributed by atoms with Crippen LogP contribution in [-0.4, -0.2) is 51.6 Å². The third kappa shape index (κ3) is 7.68. The largest absolute Gasteiger partial charge is 0.493 e. The second-order valence-corrected chi connectivity index (χ2v) is 7.55. The number of hydrogen-bond donors (Lipinski definition) is 2. The van der Waals surface area contributed by atoms with Gasteiger partial charge in [-0.3, -0.25) is 0 Å². The van der Waals surface area contributed by atoms with Gasteiger partial charge in [-0.1, -0.05) is 18.2 Å². The van der Waals surface area contributed by atoms with Crippen LogP contribution in [0.4, 0.5) is 0 Å². The van der Waals surface area contributed by atoms with Crippen LogP contribution in [0.3, 0.4) is 0 Å². The van der Waals surface area contributed by atoms with Gasteiger partial charge in [-0.15, -0.1) is 0 Å². The van der Waals surface area contributed by atoms with E-state index >= 15 is 0 Å². The zero-order valence-corrected chi connectivity index (χ0v) is 17.1. The van der Waals surface area contributed by atoms with Crippen molar-refractivity contribution in [1.29, 1.82) is 0 Å². The average molecular weight is 390 g/mol. The number of hydrogen-bond acceptors (Lipinski definition) is 4. The maximum atomic E-state index is 5.98. The molecule has 1 unspecified atom stereocenters. The first-order chi connectivity index (χ1) is 13.8. The molecular weight excluding hydrogens is 354 g/mol. The molecule has 3 rings (SSSR count). The van der Waals surface area contributed by atoms with Gasteiger partial charge in [0.1, 0.15) is 5.75 Å². The van der Waals surface area contributed by atoms with Crippen LogP contribution in [0.5, 0.6) is 5.75 Å². The monoisotopic (exact) mass is 389 g/mol. The minimum atomic E-state index is 0.300. The highest BCUT2D eigenvalue weighted by molar-refractivity contribution is 5.79. The van der Waals surface area contributed by atoms with Crippen LogP contribution < -0.4 is 15.4 Å². The number of nitrogens with one attached hydrogen (secondary N) is 2. The Kier molecular flexibility index (Phi) is 8.91. The molecule has 2 aliphatic rings. The van der Waals surface area contributed by atoms with Crippen molar-refractivity contribution in [2.75, 3.05) is 39.5 Å². The summed E-state index contributed by atoms with van der Waals surface area (Å²) in [6.07, 6.45) is 6.12. The lowest BCUT2D eigenvalue weighted by Gasteiger charge is -2.13. The van der Waals surface area contributed by atoms with Crippen molar-refractivity contribution in [3.05, 3.63) is 29.8 Å². The van der Waals surface area contributed by atoms with Gasteiger partial charge in [-0.2, -0.15) is 0 Å². The molecule has 1 aromatic carbocycles. The Bertz CT molecular complexity index is 598. The summed E-state index contributed by atoms with van der Waals surface area (Å²) in [5.74, 6) is 2.54. The molecule has 28 heavy (non-hydrogen) atoms. The first-order valence-electron chi connectivity index (χ1n) is 10.8. The van der Waals surface area contributed by atoms with Crippen molar-refractivity contribution >= 4 is 5.96 Å². The number of aliphatic imine (C=N–C) groups is 1. The summed E-state index contributed by atoms with van der Waals surface area (Å²) in [4.78, 5) is 4.72. The van der Waals surface area contributed by atoms with E-state index in [4.69, 9.17) is 19.2 Å². The number of ether oxygens (including phenoxy) is 3. The van der Waals surface area contributed by atoms with Gasteiger partial charge in [-0.25, -0.2) is 4.99 Å². The lowest BCUT2D eigenvalue weighted by atomic mass is 10.2. The Morgan fingerprint density at radius 3 is 2.86 bits per heavy atom. The summed E-state index contributed by atoms with van der Waals surface area (Å²) in [6, 6.07) is 8.20. The minimum Gasteiger partial charge on any atom is -0.493 e. The molecule has 1 atom stereocenters. The summed E-state index contributed by atoms with van der Waals surface area (Å²) in [7, 11) is 0. The fourth-order valence-electron chi connectivity index (χ4n) is 3.14. The number of rotatable bonds is 12. The van der Waals surface area contributed by atoms with Crippen LogP contribution >= 0.6 is 0 Å². The number of guanidine groups is 1. The van der Waals surface area contributed by atoms with Gasteiger partial charge in [0.05, 0.1) is 25.9 Å². The van der Waals surface area contributed by atoms with Crippen LogP contribution in [0, 0.1) is 5.92 Å². The van der Waals surface area contributed by atoms with E-state index in [0.29, 0.717) is 19.3 Å². The molecule has 0 amide bonds. The molecule has 2 N–H and O–H groups in total. The van der Waals surface area contributed by atoms with Crippen molar-refractivity contribution in [2.45, 2.75) is 51.7 Å². The Labute approximate surface area is 169 Å². The summed E-state index contributed by atoms with van der Waals surface area (Å²) in [5, 5.41) is 6.69. The standard InChI is InChI=1S/C22H35N3O3/c1-2-23-22(24-12-6-13-26-17-20-8-5-14-27-20)25-15-19-7-3-4-9-21(19)28-16-18-10-11-18/h3-4,7,9,18,20H,2,5-6,8,10-17H2,1H3,(H2,23,24,25). The zero-order valence-electron chi connectivity index (χ0n) is 17.1. The predicted molar refractivity (Wildman–Crippen MR) is 112 cm³/mol. The normalized spacial score (nSPS) is 19.6. The second kappa shape index (κ2) is 11.9. The van der Waals surface area contributed by atoms with Crippen LogP contribution in [0.15, 0.2) is 29.3 Å². The quantitative estimate of drug-likeness (QED) is 0.327. The van der Waals surface area contributed by atoms with E-state index in [9.17, 15) is 0 Å². The molecular formula is C22H35N3O3. The molecule has 6 nitrogen and oxygen atoms in total. The summed E-state index contributed by atoms with van der Waals surface area (Å²) >= 11 is 0. The van der Waals surface area contributed by atoms with Crippen molar-refractivity contribution < 1.29 is 14.2 Å². The Morgan fingerprint density at radius 2 is 2.07 bits per heavy atom. The van der Waals surface area contributed by atoms with Gasteiger partial charge in [0, 0.05) is 31.9 Å². The molecule has 0 bridgehead atoms. The van der Waals surface area contributed by atoms with Crippen LogP contribution in [0.2, 0.25) is 0 Å². The predicted octanol–water partition coefficient (Wildman–Crippen LogP) is 3.12. The van der Waals surface area contributed by atoms with Crippen molar-refractivity contribution in [3.63, 3.8) is 0 Å². The lowest BCUT2D eigenvalue weighted by molar-refractivity contribution is 0.0168. The highest BCUT2D eigenvalue weighted by atomic mass is 16.5. The third-order valence-corrected chi connectivity index (χ3v) is 4.98.